The Bertz CT molecular complexity index is 1780. The summed E-state index contributed by atoms with van der Waals surface area (Å²) >= 11 is 0. The molecule has 2 aromatic heterocycles. The lowest BCUT2D eigenvalue weighted by Crippen LogP contribution is -2.41. The standard InChI is InChI=1S/C32H29BN2O2/c1-31(2)32(3,4)37-33(36-31)26-15-9-11-17-29(26)34-21-20-25-27(34)19-18-24-23-14-8-10-16-28(23)35(30(24)25)22-12-6-5-7-13-22/h5-21H,1-4H3. The Morgan fingerprint density at radius 3 is 2.05 bits per heavy atom. The van der Waals surface area contributed by atoms with Gasteiger partial charge in [-0.15, -0.1) is 0 Å². The second kappa shape index (κ2) is 7.85. The minimum Gasteiger partial charge on any atom is -0.399 e. The average Bonchev–Trinajstić information content (AvgIpc) is 3.54. The number of hydrogen-bond acceptors (Lipinski definition) is 2. The van der Waals surface area contributed by atoms with Crippen molar-refractivity contribution in [3.63, 3.8) is 0 Å². The van der Waals surface area contributed by atoms with E-state index in [0.717, 1.165) is 22.4 Å². The van der Waals surface area contributed by atoms with Crippen LogP contribution in [-0.2, 0) is 9.31 Å². The van der Waals surface area contributed by atoms with Crippen LogP contribution in [0, 0.1) is 0 Å². The van der Waals surface area contributed by atoms with Gasteiger partial charge in [-0.05, 0) is 64.1 Å². The van der Waals surface area contributed by atoms with Crippen molar-refractivity contribution in [1.82, 2.24) is 9.13 Å². The third-order valence-electron chi connectivity index (χ3n) is 8.22. The molecule has 0 atom stereocenters. The van der Waals surface area contributed by atoms with Crippen LogP contribution in [0.1, 0.15) is 27.7 Å². The van der Waals surface area contributed by atoms with Crippen LogP contribution in [0.2, 0.25) is 0 Å². The molecule has 0 saturated carbocycles. The van der Waals surface area contributed by atoms with Crippen molar-refractivity contribution in [2.45, 2.75) is 38.9 Å². The van der Waals surface area contributed by atoms with Crippen molar-refractivity contribution in [3.05, 3.63) is 103 Å². The molecule has 0 unspecified atom stereocenters. The highest BCUT2D eigenvalue weighted by Gasteiger charge is 2.52. The maximum Gasteiger partial charge on any atom is 0.496 e. The first-order valence-electron chi connectivity index (χ1n) is 12.9. The molecule has 1 fully saturated rings. The molecule has 0 aliphatic carbocycles. The molecule has 3 heterocycles. The predicted molar refractivity (Wildman–Crippen MR) is 153 cm³/mol. The second-order valence-electron chi connectivity index (χ2n) is 10.9. The van der Waals surface area contributed by atoms with Gasteiger partial charge in [-0.3, -0.25) is 0 Å². The highest BCUT2D eigenvalue weighted by Crippen LogP contribution is 2.39. The van der Waals surface area contributed by atoms with E-state index in [0.29, 0.717) is 0 Å². The number of para-hydroxylation sites is 3. The number of hydrogen-bond donors (Lipinski definition) is 0. The van der Waals surface area contributed by atoms with Gasteiger partial charge in [0.05, 0.1) is 27.8 Å². The molecule has 37 heavy (non-hydrogen) atoms. The van der Waals surface area contributed by atoms with Crippen molar-refractivity contribution in [3.8, 4) is 11.4 Å². The van der Waals surface area contributed by atoms with Gasteiger partial charge in [0.25, 0.3) is 0 Å². The molecule has 0 bridgehead atoms. The van der Waals surface area contributed by atoms with E-state index in [9.17, 15) is 0 Å². The zero-order valence-electron chi connectivity index (χ0n) is 21.6. The van der Waals surface area contributed by atoms with E-state index < -0.39 is 18.3 Å². The smallest absolute Gasteiger partial charge is 0.399 e. The topological polar surface area (TPSA) is 28.3 Å². The van der Waals surface area contributed by atoms with Crippen molar-refractivity contribution in [1.29, 1.82) is 0 Å². The monoisotopic (exact) mass is 484 g/mol. The largest absolute Gasteiger partial charge is 0.496 e. The van der Waals surface area contributed by atoms with Crippen molar-refractivity contribution < 1.29 is 9.31 Å². The summed E-state index contributed by atoms with van der Waals surface area (Å²) in [4.78, 5) is 0. The van der Waals surface area contributed by atoms with Crippen molar-refractivity contribution >= 4 is 45.3 Å². The first kappa shape index (κ1) is 22.4. The van der Waals surface area contributed by atoms with E-state index in [1.807, 2.05) is 0 Å². The summed E-state index contributed by atoms with van der Waals surface area (Å²) in [5.74, 6) is 0. The molecule has 0 amide bonds. The molecule has 1 aliphatic heterocycles. The molecule has 4 aromatic carbocycles. The predicted octanol–water partition coefficient (Wildman–Crippen LogP) is 7.03. The Labute approximate surface area is 217 Å². The fraction of sp³-hybridized carbons (Fsp3) is 0.188. The maximum absolute atomic E-state index is 6.45. The number of benzene rings is 4. The third-order valence-corrected chi connectivity index (χ3v) is 8.22. The highest BCUT2D eigenvalue weighted by atomic mass is 16.7. The summed E-state index contributed by atoms with van der Waals surface area (Å²) in [6.07, 6.45) is 2.17. The minimum absolute atomic E-state index is 0.397. The first-order valence-corrected chi connectivity index (χ1v) is 12.9. The molecule has 0 radical (unpaired) electrons. The van der Waals surface area contributed by atoms with Gasteiger partial charge in [0.2, 0.25) is 0 Å². The zero-order chi connectivity index (χ0) is 25.4. The first-order chi connectivity index (χ1) is 17.9. The molecule has 182 valence electrons. The SMILES string of the molecule is CC1(C)OB(c2ccccc2-n2ccc3c2ccc2c4ccccc4n(-c4ccccc4)c23)OC1(C)C. The van der Waals surface area contributed by atoms with E-state index in [1.54, 1.807) is 0 Å². The van der Waals surface area contributed by atoms with Gasteiger partial charge in [0, 0.05) is 39.2 Å². The van der Waals surface area contributed by atoms with Crippen LogP contribution < -0.4 is 5.46 Å². The highest BCUT2D eigenvalue weighted by molar-refractivity contribution is 6.63. The van der Waals surface area contributed by atoms with E-state index in [4.69, 9.17) is 9.31 Å². The average molecular weight is 484 g/mol. The number of aromatic nitrogens is 2. The van der Waals surface area contributed by atoms with Crippen LogP contribution >= 0.6 is 0 Å². The third kappa shape index (κ3) is 3.24. The zero-order valence-corrected chi connectivity index (χ0v) is 21.6. The summed E-state index contributed by atoms with van der Waals surface area (Å²) in [7, 11) is -0.432. The molecule has 0 N–H and O–H groups in total. The Morgan fingerprint density at radius 1 is 0.595 bits per heavy atom. The summed E-state index contributed by atoms with van der Waals surface area (Å²) in [6, 6.07) is 34.4. The van der Waals surface area contributed by atoms with Gasteiger partial charge < -0.3 is 18.4 Å². The van der Waals surface area contributed by atoms with Crippen LogP contribution in [0.4, 0.5) is 0 Å². The lowest BCUT2D eigenvalue weighted by atomic mass is 9.77. The van der Waals surface area contributed by atoms with Crippen LogP contribution in [-0.4, -0.2) is 27.5 Å². The van der Waals surface area contributed by atoms with Gasteiger partial charge in [0.15, 0.2) is 0 Å². The number of fused-ring (bicyclic) bond motifs is 5. The van der Waals surface area contributed by atoms with Gasteiger partial charge in [-0.25, -0.2) is 0 Å². The van der Waals surface area contributed by atoms with Crippen LogP contribution in [0.3, 0.4) is 0 Å². The van der Waals surface area contributed by atoms with Crippen LogP contribution in [0.15, 0.2) is 103 Å². The quantitative estimate of drug-likeness (QED) is 0.253. The fourth-order valence-electron chi connectivity index (χ4n) is 5.61. The van der Waals surface area contributed by atoms with Crippen LogP contribution in [0.25, 0.3) is 44.1 Å². The van der Waals surface area contributed by atoms with Crippen molar-refractivity contribution in [2.75, 3.05) is 0 Å². The molecule has 6 aromatic rings. The maximum atomic E-state index is 6.45. The summed E-state index contributed by atoms with van der Waals surface area (Å²) in [5, 5.41) is 3.72. The Balaban J connectivity index is 1.48. The van der Waals surface area contributed by atoms with E-state index in [-0.39, 0.29) is 0 Å². The van der Waals surface area contributed by atoms with Gasteiger partial charge >= 0.3 is 7.12 Å². The summed E-state index contributed by atoms with van der Waals surface area (Å²) in [6.45, 7) is 8.39. The molecule has 0 spiro atoms. The molecular weight excluding hydrogens is 455 g/mol. The van der Waals surface area contributed by atoms with E-state index in [2.05, 4.69) is 140 Å². The van der Waals surface area contributed by atoms with Crippen molar-refractivity contribution in [2.24, 2.45) is 0 Å². The van der Waals surface area contributed by atoms with Gasteiger partial charge in [0.1, 0.15) is 0 Å². The summed E-state index contributed by atoms with van der Waals surface area (Å²) < 4.78 is 17.5. The Hall–Kier alpha value is -3.80. The lowest BCUT2D eigenvalue weighted by Gasteiger charge is -2.32. The molecule has 1 saturated heterocycles. The molecule has 1 aliphatic rings. The van der Waals surface area contributed by atoms with Crippen LogP contribution in [0.5, 0.6) is 0 Å². The fourth-order valence-corrected chi connectivity index (χ4v) is 5.61. The molecule has 4 nitrogen and oxygen atoms in total. The number of rotatable bonds is 3. The normalized spacial score (nSPS) is 16.8. The van der Waals surface area contributed by atoms with E-state index in [1.165, 1.54) is 27.2 Å². The number of nitrogens with zero attached hydrogens (tertiary/aromatic N) is 2. The molecular formula is C32H29BN2O2. The Morgan fingerprint density at radius 2 is 1.27 bits per heavy atom. The van der Waals surface area contributed by atoms with E-state index >= 15 is 0 Å². The lowest BCUT2D eigenvalue weighted by molar-refractivity contribution is 0.00578. The molecule has 5 heteroatoms. The minimum atomic E-state index is -0.432. The second-order valence-corrected chi connectivity index (χ2v) is 10.9. The summed E-state index contributed by atoms with van der Waals surface area (Å²) in [5.41, 5.74) is 6.04. The van der Waals surface area contributed by atoms with Gasteiger partial charge in [-0.2, -0.15) is 0 Å². The molecule has 7 rings (SSSR count). The van der Waals surface area contributed by atoms with Gasteiger partial charge in [-0.1, -0.05) is 60.7 Å². The Kier molecular flexibility index (Phi) is 4.75.